The van der Waals surface area contributed by atoms with E-state index in [0.29, 0.717) is 6.42 Å². The maximum atomic E-state index is 11.4. The predicted octanol–water partition coefficient (Wildman–Crippen LogP) is 14.0. The van der Waals surface area contributed by atoms with Gasteiger partial charge in [0, 0.05) is 47.5 Å². The lowest BCUT2D eigenvalue weighted by Crippen LogP contribution is -2.36. The van der Waals surface area contributed by atoms with Crippen LogP contribution < -0.4 is 4.90 Å². The van der Waals surface area contributed by atoms with Crippen molar-refractivity contribution in [1.29, 1.82) is 0 Å². The van der Waals surface area contributed by atoms with Gasteiger partial charge < -0.3 is 14.5 Å². The van der Waals surface area contributed by atoms with E-state index in [9.17, 15) is 9.90 Å². The van der Waals surface area contributed by atoms with Crippen LogP contribution in [0, 0.1) is 0 Å². The summed E-state index contributed by atoms with van der Waals surface area (Å²) in [6, 6.07) is 26.7. The van der Waals surface area contributed by atoms with E-state index in [-0.39, 0.29) is 17.3 Å². The van der Waals surface area contributed by atoms with E-state index in [1.54, 1.807) is 0 Å². The summed E-state index contributed by atoms with van der Waals surface area (Å²) in [5.41, 5.74) is 14.4. The van der Waals surface area contributed by atoms with Crippen LogP contribution in [0.25, 0.3) is 5.57 Å². The molecule has 61 heavy (non-hydrogen) atoms. The fourth-order valence-corrected chi connectivity index (χ4v) is 9.42. The van der Waals surface area contributed by atoms with Gasteiger partial charge in [-0.2, -0.15) is 4.58 Å². The van der Waals surface area contributed by atoms with Gasteiger partial charge in [0.25, 0.3) is 0 Å². The van der Waals surface area contributed by atoms with Crippen molar-refractivity contribution >= 4 is 28.6 Å². The molecule has 5 heteroatoms. The van der Waals surface area contributed by atoms with Gasteiger partial charge in [-0.25, -0.2) is 0 Å². The topological polar surface area (TPSA) is 43.5 Å². The molecule has 1 aliphatic carbocycles. The quantitative estimate of drug-likeness (QED) is 0.0837. The number of hydrogen-bond donors (Lipinski definition) is 1. The Labute approximate surface area is 371 Å². The number of fused-ring (bicyclic) bond motifs is 2. The van der Waals surface area contributed by atoms with E-state index in [1.165, 1.54) is 88.3 Å². The van der Waals surface area contributed by atoms with E-state index in [4.69, 9.17) is 0 Å². The molecule has 5 nitrogen and oxygen atoms in total. The molecule has 1 N–H and O–H groups in total. The zero-order chi connectivity index (χ0) is 44.8. The molecular weight excluding hydrogens is 747 g/mol. The summed E-state index contributed by atoms with van der Waals surface area (Å²) in [4.78, 5) is 14.0. The number of hydrogen-bond acceptors (Lipinski definition) is 2. The first kappa shape index (κ1) is 49.2. The monoisotopic (exact) mass is 828 g/mol. The highest BCUT2D eigenvalue weighted by molar-refractivity contribution is 6.03. The Balaban J connectivity index is 0.00000199. The summed E-state index contributed by atoms with van der Waals surface area (Å²) < 4.78 is 3.54. The molecule has 0 saturated carbocycles. The Morgan fingerprint density at radius 2 is 1.43 bits per heavy atom. The SMILES string of the molecule is CC.CC.CCCCCCCN1/C(=C/C=C2\CCCC(/C=C/C3=[N+](CCC[N+](C)(C)C)c4ccccc4C3(C)C)=C2c2ccc(CCC(=O)O)cc2)C(C)(C)c2ccccc21. The number of carboxylic acids is 1. The van der Waals surface area contributed by atoms with Crippen molar-refractivity contribution in [1.82, 2.24) is 0 Å². The van der Waals surface area contributed by atoms with Crippen LogP contribution in [0.2, 0.25) is 0 Å². The third kappa shape index (κ3) is 12.1. The second-order valence-corrected chi connectivity index (χ2v) is 18.7. The minimum absolute atomic E-state index is 0.0980. The lowest BCUT2D eigenvalue weighted by Gasteiger charge is -2.28. The largest absolute Gasteiger partial charge is 0.481 e. The summed E-state index contributed by atoms with van der Waals surface area (Å²) in [6.45, 7) is 23.0. The molecule has 0 aromatic heterocycles. The number of benzene rings is 3. The summed E-state index contributed by atoms with van der Waals surface area (Å²) in [6.07, 6.45) is 21.0. The van der Waals surface area contributed by atoms with Crippen molar-refractivity contribution in [2.45, 2.75) is 144 Å². The number of carbonyl (C=O) groups is 1. The summed E-state index contributed by atoms with van der Waals surface area (Å²) in [5, 5.41) is 9.35. The lowest BCUT2D eigenvalue weighted by molar-refractivity contribution is -0.871. The Kier molecular flexibility index (Phi) is 18.2. The first-order valence-electron chi connectivity index (χ1n) is 23.8. The predicted molar refractivity (Wildman–Crippen MR) is 264 cm³/mol. The maximum Gasteiger partial charge on any atom is 0.303 e. The van der Waals surface area contributed by atoms with Crippen molar-refractivity contribution in [3.8, 4) is 0 Å². The van der Waals surface area contributed by atoms with Crippen LogP contribution in [0.5, 0.6) is 0 Å². The third-order valence-electron chi connectivity index (χ3n) is 12.6. The molecule has 3 aliphatic rings. The van der Waals surface area contributed by atoms with Crippen LogP contribution in [0.15, 0.2) is 114 Å². The van der Waals surface area contributed by atoms with Crippen LogP contribution in [0.4, 0.5) is 11.4 Å². The number of aliphatic carboxylic acids is 1. The third-order valence-corrected chi connectivity index (χ3v) is 12.6. The number of para-hydroxylation sites is 2. The molecule has 0 atom stereocenters. The first-order chi connectivity index (χ1) is 29.2. The van der Waals surface area contributed by atoms with Gasteiger partial charge in [0.2, 0.25) is 5.69 Å². The molecule has 330 valence electrons. The van der Waals surface area contributed by atoms with Gasteiger partial charge in [0.05, 0.1) is 39.5 Å². The minimum Gasteiger partial charge on any atom is -0.481 e. The molecule has 2 heterocycles. The average Bonchev–Trinajstić information content (AvgIpc) is 3.60. The molecule has 0 spiro atoms. The smallest absolute Gasteiger partial charge is 0.303 e. The van der Waals surface area contributed by atoms with Crippen molar-refractivity contribution in [2.24, 2.45) is 0 Å². The number of unbranched alkanes of at least 4 members (excludes halogenated alkanes) is 4. The second kappa shape index (κ2) is 22.6. The average molecular weight is 828 g/mol. The molecule has 3 aromatic carbocycles. The van der Waals surface area contributed by atoms with Crippen LogP contribution in [0.1, 0.15) is 149 Å². The standard InChI is InChI=1S/C52H68N3O2.2C2H6/c1-9-10-11-12-17-36-53-45-24-15-13-22-43(45)51(2,3)47(53)33-31-40-20-18-21-41(50(40)42-29-26-39(27-30-42)28-35-49(56)57)32-34-48-52(4,5)44-23-14-16-25-46(44)54(48)37-19-38-55(6,7)8;2*1-2/h13-16,22-27,29-34H,9-12,17-21,28,35-38H2,1-8H3;2*1-2H3/q+1;;/p+1. The van der Waals surface area contributed by atoms with Gasteiger partial charge in [-0.05, 0) is 91.5 Å². The molecule has 0 amide bonds. The van der Waals surface area contributed by atoms with Gasteiger partial charge in [-0.1, -0.05) is 147 Å². The Hall–Kier alpha value is -4.48. The fourth-order valence-electron chi connectivity index (χ4n) is 9.42. The highest BCUT2D eigenvalue weighted by Gasteiger charge is 2.44. The molecule has 0 saturated heterocycles. The van der Waals surface area contributed by atoms with E-state index in [1.807, 2.05) is 27.7 Å². The lowest BCUT2D eigenvalue weighted by atomic mass is 9.79. The maximum absolute atomic E-state index is 11.4. The Morgan fingerprint density at radius 1 is 0.770 bits per heavy atom. The van der Waals surface area contributed by atoms with Crippen molar-refractivity contribution in [3.05, 3.63) is 136 Å². The number of nitrogens with zero attached hydrogens (tertiary/aromatic N) is 3. The second-order valence-electron chi connectivity index (χ2n) is 18.7. The van der Waals surface area contributed by atoms with E-state index in [2.05, 4.69) is 162 Å². The number of anilines is 1. The van der Waals surface area contributed by atoms with Crippen LogP contribution >= 0.6 is 0 Å². The van der Waals surface area contributed by atoms with Gasteiger partial charge in [-0.3, -0.25) is 4.79 Å². The number of aryl methyl sites for hydroxylation is 1. The molecule has 0 bridgehead atoms. The summed E-state index contributed by atoms with van der Waals surface area (Å²) >= 11 is 0. The van der Waals surface area contributed by atoms with Crippen LogP contribution in [0.3, 0.4) is 0 Å². The van der Waals surface area contributed by atoms with E-state index in [0.717, 1.165) is 55.4 Å². The molecule has 6 rings (SSSR count). The fraction of sp³-hybridized carbons (Fsp3) is 0.500. The number of rotatable bonds is 17. The van der Waals surface area contributed by atoms with Gasteiger partial charge >= 0.3 is 5.97 Å². The first-order valence-corrected chi connectivity index (χ1v) is 23.8. The van der Waals surface area contributed by atoms with Crippen molar-refractivity contribution in [2.75, 3.05) is 45.7 Å². The molecule has 2 aliphatic heterocycles. The van der Waals surface area contributed by atoms with Crippen LogP contribution in [-0.4, -0.2) is 66.6 Å². The van der Waals surface area contributed by atoms with Gasteiger partial charge in [-0.15, -0.1) is 0 Å². The van der Waals surface area contributed by atoms with E-state index < -0.39 is 5.97 Å². The van der Waals surface area contributed by atoms with Crippen LogP contribution in [-0.2, 0) is 22.0 Å². The highest BCUT2D eigenvalue weighted by atomic mass is 16.4. The number of quaternary nitrogens is 1. The van der Waals surface area contributed by atoms with Crippen molar-refractivity contribution in [3.63, 3.8) is 0 Å². The van der Waals surface area contributed by atoms with Gasteiger partial charge in [0.15, 0.2) is 12.3 Å². The van der Waals surface area contributed by atoms with E-state index >= 15 is 0 Å². The summed E-state index contributed by atoms with van der Waals surface area (Å²) in [5.74, 6) is -0.757. The zero-order valence-electron chi connectivity index (χ0n) is 40.3. The normalized spacial score (nSPS) is 17.9. The number of carboxylic acid groups (broad SMARTS) is 1. The molecule has 3 aromatic rings. The molecule has 0 fully saturated rings. The molecule has 0 unspecified atom stereocenters. The number of allylic oxidation sites excluding steroid dienone is 8. The van der Waals surface area contributed by atoms with Gasteiger partial charge in [0.1, 0.15) is 0 Å². The van der Waals surface area contributed by atoms with Crippen molar-refractivity contribution < 1.29 is 19.0 Å². The molecule has 0 radical (unpaired) electrons. The zero-order valence-corrected chi connectivity index (χ0v) is 40.3. The Bertz CT molecular complexity index is 2070. The molecular formula is C56H81N3O2+2. The highest BCUT2D eigenvalue weighted by Crippen LogP contribution is 2.48. The Morgan fingerprint density at radius 3 is 2.10 bits per heavy atom. The summed E-state index contributed by atoms with van der Waals surface area (Å²) in [7, 11) is 6.84. The minimum atomic E-state index is -0.757.